The zero-order valence-corrected chi connectivity index (χ0v) is 12.3. The Labute approximate surface area is 121 Å². The van der Waals surface area contributed by atoms with Crippen molar-refractivity contribution in [1.29, 1.82) is 0 Å². The summed E-state index contributed by atoms with van der Waals surface area (Å²) in [5.41, 5.74) is 1.47. The van der Waals surface area contributed by atoms with E-state index in [0.29, 0.717) is 12.0 Å². The summed E-state index contributed by atoms with van der Waals surface area (Å²) in [7, 11) is 2.07. The van der Waals surface area contributed by atoms with E-state index in [4.69, 9.17) is 9.47 Å². The van der Waals surface area contributed by atoms with Gasteiger partial charge in [0, 0.05) is 25.9 Å². The van der Waals surface area contributed by atoms with Crippen molar-refractivity contribution in [3.05, 3.63) is 35.9 Å². The van der Waals surface area contributed by atoms with Crippen molar-refractivity contribution in [2.24, 2.45) is 5.92 Å². The van der Waals surface area contributed by atoms with Gasteiger partial charge in [-0.2, -0.15) is 0 Å². The summed E-state index contributed by atoms with van der Waals surface area (Å²) in [5.74, 6) is 0.647. The van der Waals surface area contributed by atoms with Crippen LogP contribution in [0.15, 0.2) is 30.3 Å². The number of hydrogen-bond acceptors (Lipinski definition) is 3. The summed E-state index contributed by atoms with van der Waals surface area (Å²) in [4.78, 5) is 0. The third kappa shape index (κ3) is 2.90. The zero-order chi connectivity index (χ0) is 13.8. The molecule has 3 nitrogen and oxygen atoms in total. The summed E-state index contributed by atoms with van der Waals surface area (Å²) < 4.78 is 11.7. The summed E-state index contributed by atoms with van der Waals surface area (Å²) in [6.45, 7) is 2.58. The first-order chi connectivity index (χ1) is 9.83. The van der Waals surface area contributed by atoms with Crippen LogP contribution in [-0.4, -0.2) is 32.5 Å². The molecule has 0 bridgehead atoms. The molecule has 3 heteroatoms. The molecule has 0 aromatic heterocycles. The monoisotopic (exact) mass is 275 g/mol. The van der Waals surface area contributed by atoms with Gasteiger partial charge in [0.25, 0.3) is 0 Å². The molecule has 0 saturated carbocycles. The molecule has 0 amide bonds. The summed E-state index contributed by atoms with van der Waals surface area (Å²) in [6.07, 6.45) is 4.39. The molecule has 2 aliphatic rings. The lowest BCUT2D eigenvalue weighted by molar-refractivity contribution is -0.150. The number of nitrogens with one attached hydrogen (secondary N) is 1. The molecule has 1 N–H and O–H groups in total. The molecule has 2 unspecified atom stereocenters. The van der Waals surface area contributed by atoms with E-state index in [1.165, 1.54) is 5.56 Å². The van der Waals surface area contributed by atoms with Crippen molar-refractivity contribution < 1.29 is 9.47 Å². The van der Waals surface area contributed by atoms with Crippen LogP contribution in [0.1, 0.15) is 37.3 Å². The fourth-order valence-electron chi connectivity index (χ4n) is 3.78. The largest absolute Gasteiger partial charge is 0.381 e. The van der Waals surface area contributed by atoms with E-state index in [9.17, 15) is 0 Å². The molecule has 0 radical (unpaired) electrons. The average Bonchev–Trinajstić information content (AvgIpc) is 2.50. The Balaban J connectivity index is 1.75. The minimum Gasteiger partial charge on any atom is -0.381 e. The molecule has 3 rings (SSSR count). The Morgan fingerprint density at radius 1 is 1.15 bits per heavy atom. The molecule has 2 atom stereocenters. The van der Waals surface area contributed by atoms with Gasteiger partial charge in [0.15, 0.2) is 0 Å². The maximum Gasteiger partial charge on any atom is 0.0729 e. The lowest BCUT2D eigenvalue weighted by Gasteiger charge is -2.45. The van der Waals surface area contributed by atoms with Crippen molar-refractivity contribution in [1.82, 2.24) is 5.32 Å². The van der Waals surface area contributed by atoms with Crippen LogP contribution in [-0.2, 0) is 9.47 Å². The van der Waals surface area contributed by atoms with Crippen LogP contribution < -0.4 is 5.32 Å². The van der Waals surface area contributed by atoms with Gasteiger partial charge in [-0.15, -0.1) is 0 Å². The van der Waals surface area contributed by atoms with Crippen LogP contribution >= 0.6 is 0 Å². The molecule has 1 aromatic rings. The molecular weight excluding hydrogens is 250 g/mol. The topological polar surface area (TPSA) is 30.5 Å². The predicted octanol–water partition coefficient (Wildman–Crippen LogP) is 2.92. The summed E-state index contributed by atoms with van der Waals surface area (Å²) in [6, 6.07) is 11.2. The van der Waals surface area contributed by atoms with Gasteiger partial charge in [0.05, 0.1) is 5.60 Å². The van der Waals surface area contributed by atoms with Crippen LogP contribution in [0.3, 0.4) is 0 Å². The SMILES string of the molecule is CNC(c1ccccc1)C1CCOC2(CCOCC2)C1. The van der Waals surface area contributed by atoms with Gasteiger partial charge in [0.1, 0.15) is 0 Å². The highest BCUT2D eigenvalue weighted by Crippen LogP contribution is 2.41. The molecule has 110 valence electrons. The van der Waals surface area contributed by atoms with E-state index in [0.717, 1.165) is 45.5 Å². The van der Waals surface area contributed by atoms with E-state index in [1.54, 1.807) is 0 Å². The predicted molar refractivity (Wildman–Crippen MR) is 79.7 cm³/mol. The number of rotatable bonds is 3. The maximum atomic E-state index is 6.16. The number of benzene rings is 1. The Hall–Kier alpha value is -0.900. The molecule has 1 spiro atoms. The van der Waals surface area contributed by atoms with Crippen LogP contribution in [0.5, 0.6) is 0 Å². The molecule has 20 heavy (non-hydrogen) atoms. The maximum absolute atomic E-state index is 6.16. The molecule has 2 heterocycles. The third-order valence-corrected chi connectivity index (χ3v) is 4.88. The molecular formula is C17H25NO2. The third-order valence-electron chi connectivity index (χ3n) is 4.88. The quantitative estimate of drug-likeness (QED) is 0.920. The fraction of sp³-hybridized carbons (Fsp3) is 0.647. The van der Waals surface area contributed by atoms with Crippen molar-refractivity contribution >= 4 is 0 Å². The summed E-state index contributed by atoms with van der Waals surface area (Å²) in [5, 5.41) is 3.52. The van der Waals surface area contributed by atoms with Gasteiger partial charge in [0.2, 0.25) is 0 Å². The highest BCUT2D eigenvalue weighted by Gasteiger charge is 2.41. The number of ether oxygens (including phenoxy) is 2. The van der Waals surface area contributed by atoms with Gasteiger partial charge in [-0.25, -0.2) is 0 Å². The second kappa shape index (κ2) is 6.25. The van der Waals surface area contributed by atoms with Crippen LogP contribution in [0, 0.1) is 5.92 Å². The minimum absolute atomic E-state index is 0.0745. The Kier molecular flexibility index (Phi) is 4.39. The van der Waals surface area contributed by atoms with E-state index >= 15 is 0 Å². The van der Waals surface area contributed by atoms with Crippen molar-refractivity contribution in [3.8, 4) is 0 Å². The lowest BCUT2D eigenvalue weighted by atomic mass is 9.76. The first-order valence-electron chi connectivity index (χ1n) is 7.77. The van der Waals surface area contributed by atoms with E-state index in [1.807, 2.05) is 0 Å². The second-order valence-electron chi connectivity index (χ2n) is 6.07. The highest BCUT2D eigenvalue weighted by atomic mass is 16.5. The second-order valence-corrected chi connectivity index (χ2v) is 6.07. The average molecular weight is 275 g/mol. The molecule has 0 aliphatic carbocycles. The van der Waals surface area contributed by atoms with Gasteiger partial charge >= 0.3 is 0 Å². The van der Waals surface area contributed by atoms with Crippen molar-refractivity contribution in [3.63, 3.8) is 0 Å². The van der Waals surface area contributed by atoms with Gasteiger partial charge in [-0.1, -0.05) is 30.3 Å². The molecule has 2 fully saturated rings. The Bertz CT molecular complexity index is 409. The smallest absolute Gasteiger partial charge is 0.0729 e. The Morgan fingerprint density at radius 3 is 2.60 bits per heavy atom. The van der Waals surface area contributed by atoms with Crippen LogP contribution in [0.2, 0.25) is 0 Å². The van der Waals surface area contributed by atoms with Gasteiger partial charge < -0.3 is 14.8 Å². The zero-order valence-electron chi connectivity index (χ0n) is 12.3. The first-order valence-corrected chi connectivity index (χ1v) is 7.77. The van der Waals surface area contributed by atoms with Gasteiger partial charge in [-0.05, 0) is 44.2 Å². The van der Waals surface area contributed by atoms with E-state index < -0.39 is 0 Å². The normalized spacial score (nSPS) is 27.4. The number of hydrogen-bond donors (Lipinski definition) is 1. The summed E-state index contributed by atoms with van der Waals surface area (Å²) >= 11 is 0. The minimum atomic E-state index is 0.0745. The highest BCUT2D eigenvalue weighted by molar-refractivity contribution is 5.20. The van der Waals surface area contributed by atoms with Crippen molar-refractivity contribution in [2.45, 2.75) is 37.3 Å². The van der Waals surface area contributed by atoms with Crippen molar-refractivity contribution in [2.75, 3.05) is 26.9 Å². The standard InChI is InChI=1S/C17H25NO2/c1-18-16(14-5-3-2-4-6-14)15-7-10-20-17(13-15)8-11-19-12-9-17/h2-6,15-16,18H,7-13H2,1H3. The van der Waals surface area contributed by atoms with Crippen LogP contribution in [0.4, 0.5) is 0 Å². The Morgan fingerprint density at radius 2 is 1.90 bits per heavy atom. The van der Waals surface area contributed by atoms with E-state index in [-0.39, 0.29) is 5.60 Å². The molecule has 2 saturated heterocycles. The lowest BCUT2D eigenvalue weighted by Crippen LogP contribution is -2.46. The van der Waals surface area contributed by atoms with Crippen LogP contribution in [0.25, 0.3) is 0 Å². The van der Waals surface area contributed by atoms with Gasteiger partial charge in [-0.3, -0.25) is 0 Å². The fourth-order valence-corrected chi connectivity index (χ4v) is 3.78. The molecule has 1 aromatic carbocycles. The first kappa shape index (κ1) is 14.1. The molecule has 2 aliphatic heterocycles. The van der Waals surface area contributed by atoms with E-state index in [2.05, 4.69) is 42.7 Å².